The molecule has 0 aliphatic heterocycles. The van der Waals surface area contributed by atoms with Crippen LogP contribution < -0.4 is 0 Å². The van der Waals surface area contributed by atoms with E-state index >= 15 is 0 Å². The molecule has 0 radical (unpaired) electrons. The minimum absolute atomic E-state index is 0.110. The molecule has 1 aromatic rings. The van der Waals surface area contributed by atoms with Gasteiger partial charge in [-0.25, -0.2) is 4.79 Å². The van der Waals surface area contributed by atoms with Crippen LogP contribution in [0.3, 0.4) is 0 Å². The largest absolute Gasteiger partial charge is 0.502 e. The number of rotatable bonds is 2. The summed E-state index contributed by atoms with van der Waals surface area (Å²) in [4.78, 5) is 10.3. The molecule has 0 saturated heterocycles. The van der Waals surface area contributed by atoms with Crippen LogP contribution in [0.1, 0.15) is 11.1 Å². The summed E-state index contributed by atoms with van der Waals surface area (Å²) in [6, 6.07) is 2.80. The first kappa shape index (κ1) is 13.4. The van der Waals surface area contributed by atoms with E-state index in [-0.39, 0.29) is 5.56 Å². The lowest BCUT2D eigenvalue weighted by Crippen LogP contribution is -2.06. The summed E-state index contributed by atoms with van der Waals surface area (Å²) in [7, 11) is 0. The molecule has 0 unspecified atom stereocenters. The maximum absolute atomic E-state index is 12.4. The molecule has 0 amide bonds. The van der Waals surface area contributed by atoms with Crippen molar-refractivity contribution < 1.29 is 28.2 Å². The fourth-order valence-electron chi connectivity index (χ4n) is 1.07. The highest BCUT2D eigenvalue weighted by atomic mass is 35.5. The standard InChI is InChI=1S/C10H6ClF3O3/c11-7-2-1-5(4-8(15)9(16)17)3-6(7)10(12,13)14/h1-4,15H,(H,16,17). The Morgan fingerprint density at radius 2 is 1.88 bits per heavy atom. The molecule has 0 spiro atoms. The van der Waals surface area contributed by atoms with E-state index < -0.39 is 28.5 Å². The van der Waals surface area contributed by atoms with Gasteiger partial charge in [0.25, 0.3) is 0 Å². The van der Waals surface area contributed by atoms with Crippen molar-refractivity contribution in [1.82, 2.24) is 0 Å². The molecule has 0 aromatic heterocycles. The van der Waals surface area contributed by atoms with Gasteiger partial charge in [0.1, 0.15) is 0 Å². The monoisotopic (exact) mass is 266 g/mol. The summed E-state index contributed by atoms with van der Waals surface area (Å²) >= 11 is 5.36. The fourth-order valence-corrected chi connectivity index (χ4v) is 1.29. The van der Waals surface area contributed by atoms with E-state index in [0.29, 0.717) is 12.1 Å². The van der Waals surface area contributed by atoms with Gasteiger partial charge in [-0.15, -0.1) is 0 Å². The molecule has 3 nitrogen and oxygen atoms in total. The first-order valence-electron chi connectivity index (χ1n) is 4.22. The number of carbonyl (C=O) groups is 1. The highest BCUT2D eigenvalue weighted by Crippen LogP contribution is 2.35. The average Bonchev–Trinajstić information content (AvgIpc) is 2.19. The van der Waals surface area contributed by atoms with Crippen LogP contribution in [0.5, 0.6) is 0 Å². The van der Waals surface area contributed by atoms with Crippen LogP contribution in [0.25, 0.3) is 6.08 Å². The second-order valence-corrected chi connectivity index (χ2v) is 3.48. The predicted molar refractivity (Wildman–Crippen MR) is 54.7 cm³/mol. The number of benzene rings is 1. The zero-order valence-corrected chi connectivity index (χ0v) is 8.88. The number of aliphatic hydroxyl groups is 1. The van der Waals surface area contributed by atoms with Crippen molar-refractivity contribution in [2.45, 2.75) is 6.18 Å². The average molecular weight is 267 g/mol. The molecule has 0 fully saturated rings. The molecule has 0 heterocycles. The summed E-state index contributed by atoms with van der Waals surface area (Å²) in [5.74, 6) is -2.69. The van der Waals surface area contributed by atoms with Crippen LogP contribution in [-0.2, 0) is 11.0 Å². The van der Waals surface area contributed by atoms with Gasteiger partial charge in [-0.2, -0.15) is 13.2 Å². The van der Waals surface area contributed by atoms with Gasteiger partial charge in [0.15, 0.2) is 0 Å². The fraction of sp³-hybridized carbons (Fsp3) is 0.100. The van der Waals surface area contributed by atoms with Crippen LogP contribution in [0.2, 0.25) is 5.02 Å². The van der Waals surface area contributed by atoms with Crippen LogP contribution in [0.4, 0.5) is 13.2 Å². The van der Waals surface area contributed by atoms with Crippen molar-refractivity contribution in [2.75, 3.05) is 0 Å². The molecule has 17 heavy (non-hydrogen) atoms. The van der Waals surface area contributed by atoms with Crippen LogP contribution in [0, 0.1) is 0 Å². The summed E-state index contributed by atoms with van der Waals surface area (Å²) < 4.78 is 37.3. The van der Waals surface area contributed by atoms with E-state index in [1.807, 2.05) is 0 Å². The summed E-state index contributed by atoms with van der Waals surface area (Å²) in [6.07, 6.45) is -3.94. The molecule has 92 valence electrons. The Bertz CT molecular complexity index is 480. The first-order chi connectivity index (χ1) is 7.71. The number of carboxylic acid groups (broad SMARTS) is 1. The Morgan fingerprint density at radius 1 is 1.29 bits per heavy atom. The molecular weight excluding hydrogens is 261 g/mol. The first-order valence-corrected chi connectivity index (χ1v) is 4.60. The van der Waals surface area contributed by atoms with Gasteiger partial charge >= 0.3 is 12.1 Å². The van der Waals surface area contributed by atoms with Gasteiger partial charge < -0.3 is 10.2 Å². The second-order valence-electron chi connectivity index (χ2n) is 3.07. The summed E-state index contributed by atoms with van der Waals surface area (Å²) in [5.41, 5.74) is -1.20. The van der Waals surface area contributed by atoms with Crippen LogP contribution >= 0.6 is 11.6 Å². The SMILES string of the molecule is O=C(O)C(O)=Cc1ccc(Cl)c(C(F)(F)F)c1. The van der Waals surface area contributed by atoms with E-state index in [0.717, 1.165) is 12.1 Å². The van der Waals surface area contributed by atoms with Crippen LogP contribution in [0.15, 0.2) is 24.0 Å². The number of carboxylic acids is 1. The lowest BCUT2D eigenvalue weighted by Gasteiger charge is -2.09. The molecule has 0 bridgehead atoms. The van der Waals surface area contributed by atoms with Gasteiger partial charge in [-0.1, -0.05) is 17.7 Å². The molecular formula is C10H6ClF3O3. The molecule has 2 N–H and O–H groups in total. The third-order valence-corrected chi connectivity index (χ3v) is 2.15. The van der Waals surface area contributed by atoms with Crippen molar-refractivity contribution >= 4 is 23.6 Å². The van der Waals surface area contributed by atoms with Crippen molar-refractivity contribution in [3.63, 3.8) is 0 Å². The highest BCUT2D eigenvalue weighted by molar-refractivity contribution is 6.31. The Labute approximate surface area is 98.8 Å². The Hall–Kier alpha value is -1.69. The number of aliphatic hydroxyl groups excluding tert-OH is 1. The topological polar surface area (TPSA) is 57.5 Å². The number of hydrogen-bond donors (Lipinski definition) is 2. The van der Waals surface area contributed by atoms with E-state index in [2.05, 4.69) is 0 Å². The molecule has 0 aliphatic carbocycles. The Balaban J connectivity index is 3.23. The molecule has 0 saturated carbocycles. The van der Waals surface area contributed by atoms with Gasteiger partial charge in [0.05, 0.1) is 10.6 Å². The van der Waals surface area contributed by atoms with Crippen LogP contribution in [-0.4, -0.2) is 16.2 Å². The van der Waals surface area contributed by atoms with Crippen molar-refractivity contribution in [1.29, 1.82) is 0 Å². The normalized spacial score (nSPS) is 12.6. The lowest BCUT2D eigenvalue weighted by molar-refractivity contribution is -0.137. The molecule has 0 aliphatic rings. The number of halogens is 4. The van der Waals surface area contributed by atoms with E-state index in [1.54, 1.807) is 0 Å². The minimum atomic E-state index is -4.64. The molecule has 1 aromatic carbocycles. The van der Waals surface area contributed by atoms with Gasteiger partial charge in [-0.05, 0) is 23.8 Å². The van der Waals surface area contributed by atoms with Crippen molar-refractivity contribution in [2.24, 2.45) is 0 Å². The zero-order valence-electron chi connectivity index (χ0n) is 8.12. The number of hydrogen-bond acceptors (Lipinski definition) is 2. The van der Waals surface area contributed by atoms with E-state index in [9.17, 15) is 18.0 Å². The lowest BCUT2D eigenvalue weighted by atomic mass is 10.1. The zero-order chi connectivity index (χ0) is 13.2. The third kappa shape index (κ3) is 3.39. The summed E-state index contributed by atoms with van der Waals surface area (Å²) in [6.45, 7) is 0. The number of alkyl halides is 3. The Kier molecular flexibility index (Phi) is 3.67. The Morgan fingerprint density at radius 3 is 2.35 bits per heavy atom. The van der Waals surface area contributed by atoms with Gasteiger partial charge in [0.2, 0.25) is 5.76 Å². The quantitative estimate of drug-likeness (QED) is 0.637. The summed E-state index contributed by atoms with van der Waals surface area (Å²) in [5, 5.41) is 16.8. The highest BCUT2D eigenvalue weighted by Gasteiger charge is 2.33. The number of aliphatic carboxylic acids is 1. The van der Waals surface area contributed by atoms with Crippen molar-refractivity contribution in [3.8, 4) is 0 Å². The maximum atomic E-state index is 12.4. The van der Waals surface area contributed by atoms with Gasteiger partial charge in [-0.3, -0.25) is 0 Å². The van der Waals surface area contributed by atoms with Crippen molar-refractivity contribution in [3.05, 3.63) is 40.1 Å². The minimum Gasteiger partial charge on any atom is -0.502 e. The third-order valence-electron chi connectivity index (χ3n) is 1.82. The molecule has 1 rings (SSSR count). The van der Waals surface area contributed by atoms with Gasteiger partial charge in [0, 0.05) is 0 Å². The van der Waals surface area contributed by atoms with E-state index in [4.69, 9.17) is 21.8 Å². The molecule has 0 atom stereocenters. The van der Waals surface area contributed by atoms with E-state index in [1.165, 1.54) is 0 Å². The second kappa shape index (κ2) is 4.67. The molecule has 7 heteroatoms. The maximum Gasteiger partial charge on any atom is 0.417 e. The smallest absolute Gasteiger partial charge is 0.417 e. The predicted octanol–water partition coefficient (Wildman–Crippen LogP) is 3.34.